The van der Waals surface area contributed by atoms with Crippen molar-refractivity contribution in [1.29, 1.82) is 0 Å². The van der Waals surface area contributed by atoms with E-state index in [9.17, 15) is 9.18 Å². The molecule has 4 rings (SSSR count). The van der Waals surface area contributed by atoms with Crippen molar-refractivity contribution >= 4 is 5.91 Å². The fraction of sp³-hybridized carbons (Fsp3) is 0.381. The van der Waals surface area contributed by atoms with Gasteiger partial charge in [0.25, 0.3) is 0 Å². The zero-order chi connectivity index (χ0) is 19.7. The summed E-state index contributed by atoms with van der Waals surface area (Å²) in [6.07, 6.45) is 3.42. The highest BCUT2D eigenvalue weighted by Gasteiger charge is 2.26. The lowest BCUT2D eigenvalue weighted by Crippen LogP contribution is -2.27. The molecule has 2 heterocycles. The van der Waals surface area contributed by atoms with Crippen molar-refractivity contribution in [2.45, 2.75) is 52.1 Å². The molecular formula is C21H23FN4O2. The molecule has 2 aromatic heterocycles. The number of nitrogens with one attached hydrogen (secondary N) is 1. The van der Waals surface area contributed by atoms with Crippen LogP contribution in [0.3, 0.4) is 0 Å². The van der Waals surface area contributed by atoms with Crippen molar-refractivity contribution in [1.82, 2.24) is 20.1 Å². The molecule has 7 heteroatoms. The fourth-order valence-corrected chi connectivity index (χ4v) is 3.43. The summed E-state index contributed by atoms with van der Waals surface area (Å²) in [6, 6.07) is 8.07. The van der Waals surface area contributed by atoms with Crippen molar-refractivity contribution in [2.75, 3.05) is 0 Å². The molecule has 1 amide bonds. The van der Waals surface area contributed by atoms with Crippen LogP contribution in [0.4, 0.5) is 4.39 Å². The Morgan fingerprint density at radius 2 is 2.00 bits per heavy atom. The van der Waals surface area contributed by atoms with Gasteiger partial charge in [0, 0.05) is 23.9 Å². The summed E-state index contributed by atoms with van der Waals surface area (Å²) >= 11 is 0. The molecule has 6 nitrogen and oxygen atoms in total. The molecule has 0 aliphatic heterocycles. The van der Waals surface area contributed by atoms with E-state index in [1.165, 1.54) is 18.6 Å². The predicted molar refractivity (Wildman–Crippen MR) is 102 cm³/mol. The smallest absolute Gasteiger partial charge is 0.249 e. The number of halogens is 1. The molecular weight excluding hydrogens is 359 g/mol. The van der Waals surface area contributed by atoms with Crippen LogP contribution >= 0.6 is 0 Å². The highest BCUT2D eigenvalue weighted by Crippen LogP contribution is 2.37. The number of rotatable bonds is 6. The highest BCUT2D eigenvalue weighted by molar-refractivity contribution is 5.76. The lowest BCUT2D eigenvalue weighted by Gasteiger charge is -2.20. The van der Waals surface area contributed by atoms with Gasteiger partial charge in [-0.3, -0.25) is 4.79 Å². The average Bonchev–Trinajstić information content (AvgIpc) is 3.20. The van der Waals surface area contributed by atoms with E-state index in [4.69, 9.17) is 4.42 Å². The topological polar surface area (TPSA) is 73.0 Å². The summed E-state index contributed by atoms with van der Waals surface area (Å²) in [5, 5.41) is 11.3. The molecule has 1 aliphatic rings. The molecule has 0 radical (unpaired) electrons. The molecule has 0 atom stereocenters. The molecule has 28 heavy (non-hydrogen) atoms. The van der Waals surface area contributed by atoms with Gasteiger partial charge in [0.2, 0.25) is 17.7 Å². The summed E-state index contributed by atoms with van der Waals surface area (Å²) in [7, 11) is 0. The number of benzene rings is 1. The Balaban J connectivity index is 1.44. The Hall–Kier alpha value is -2.96. The van der Waals surface area contributed by atoms with Crippen LogP contribution in [0.25, 0.3) is 11.5 Å². The Bertz CT molecular complexity index is 987. The Kier molecular flexibility index (Phi) is 4.98. The molecule has 1 aromatic carbocycles. The largest absolute Gasteiger partial charge is 0.420 e. The van der Waals surface area contributed by atoms with E-state index in [0.717, 1.165) is 35.4 Å². The van der Waals surface area contributed by atoms with Crippen molar-refractivity contribution in [2.24, 2.45) is 0 Å². The van der Waals surface area contributed by atoms with Gasteiger partial charge in [0.05, 0.1) is 5.56 Å². The third kappa shape index (κ3) is 3.69. The Morgan fingerprint density at radius 3 is 2.68 bits per heavy atom. The summed E-state index contributed by atoms with van der Waals surface area (Å²) in [5.74, 6) is 1.21. The standard InChI is InChI=1S/C21H23FN4O2/c1-13-10-18(21-25-24-20(28-21)16-4-3-5-16)14(2)26(13)12-19(27)23-11-15-6-8-17(22)9-7-15/h6-10,16H,3-5,11-12H2,1-2H3,(H,23,27). The Morgan fingerprint density at radius 1 is 1.25 bits per heavy atom. The molecule has 0 saturated heterocycles. The van der Waals surface area contributed by atoms with Crippen LogP contribution in [0.15, 0.2) is 34.7 Å². The SMILES string of the molecule is Cc1cc(-c2nnc(C3CCC3)o2)c(C)n1CC(=O)NCc1ccc(F)cc1. The number of hydrogen-bond donors (Lipinski definition) is 1. The first kappa shape index (κ1) is 18.4. The van der Waals surface area contributed by atoms with Gasteiger partial charge in [0.1, 0.15) is 12.4 Å². The molecule has 3 aromatic rings. The minimum absolute atomic E-state index is 0.113. The van der Waals surface area contributed by atoms with Gasteiger partial charge in [0.15, 0.2) is 0 Å². The van der Waals surface area contributed by atoms with E-state index < -0.39 is 0 Å². The van der Waals surface area contributed by atoms with Crippen molar-refractivity contribution in [3.8, 4) is 11.5 Å². The van der Waals surface area contributed by atoms with Gasteiger partial charge in [-0.1, -0.05) is 18.6 Å². The van der Waals surface area contributed by atoms with E-state index in [0.29, 0.717) is 24.2 Å². The number of aromatic nitrogens is 3. The molecule has 1 aliphatic carbocycles. The number of nitrogens with zero attached hydrogens (tertiary/aromatic N) is 3. The van der Waals surface area contributed by atoms with Crippen LogP contribution < -0.4 is 5.32 Å². The minimum atomic E-state index is -0.289. The quantitative estimate of drug-likeness (QED) is 0.702. The van der Waals surface area contributed by atoms with Gasteiger partial charge >= 0.3 is 0 Å². The summed E-state index contributed by atoms with van der Waals surface area (Å²) in [5.41, 5.74) is 3.58. The summed E-state index contributed by atoms with van der Waals surface area (Å²) in [4.78, 5) is 12.4. The number of amides is 1. The van der Waals surface area contributed by atoms with Gasteiger partial charge in [-0.2, -0.15) is 0 Å². The van der Waals surface area contributed by atoms with E-state index in [2.05, 4.69) is 15.5 Å². The van der Waals surface area contributed by atoms with Gasteiger partial charge < -0.3 is 14.3 Å². The molecule has 0 bridgehead atoms. The van der Waals surface area contributed by atoms with Gasteiger partial charge in [-0.05, 0) is 50.5 Å². The average molecular weight is 382 g/mol. The number of hydrogen-bond acceptors (Lipinski definition) is 4. The molecule has 0 unspecified atom stereocenters. The number of carbonyl (C=O) groups excluding carboxylic acids is 1. The van der Waals surface area contributed by atoms with Crippen molar-refractivity contribution in [3.05, 3.63) is 59.0 Å². The second-order valence-electron chi connectivity index (χ2n) is 7.35. The monoisotopic (exact) mass is 382 g/mol. The van der Waals surface area contributed by atoms with Gasteiger partial charge in [-0.15, -0.1) is 10.2 Å². The van der Waals surface area contributed by atoms with Crippen molar-refractivity contribution in [3.63, 3.8) is 0 Å². The number of aryl methyl sites for hydroxylation is 1. The maximum Gasteiger partial charge on any atom is 0.249 e. The first-order valence-corrected chi connectivity index (χ1v) is 9.53. The second kappa shape index (κ2) is 7.58. The van der Waals surface area contributed by atoms with Crippen LogP contribution in [-0.2, 0) is 17.9 Å². The zero-order valence-corrected chi connectivity index (χ0v) is 16.0. The van der Waals surface area contributed by atoms with Crippen LogP contribution in [0, 0.1) is 19.7 Å². The third-order valence-corrected chi connectivity index (χ3v) is 5.40. The van der Waals surface area contributed by atoms with E-state index in [1.54, 1.807) is 12.1 Å². The normalized spacial score (nSPS) is 14.1. The summed E-state index contributed by atoms with van der Waals surface area (Å²) < 4.78 is 20.8. The van der Waals surface area contributed by atoms with Crippen molar-refractivity contribution < 1.29 is 13.6 Å². The lowest BCUT2D eigenvalue weighted by atomic mass is 9.85. The first-order valence-electron chi connectivity index (χ1n) is 9.53. The maximum atomic E-state index is 13.0. The number of carbonyl (C=O) groups is 1. The molecule has 1 fully saturated rings. The van der Waals surface area contributed by atoms with Crippen LogP contribution in [0.5, 0.6) is 0 Å². The molecule has 0 spiro atoms. The third-order valence-electron chi connectivity index (χ3n) is 5.40. The zero-order valence-electron chi connectivity index (χ0n) is 16.0. The van der Waals surface area contributed by atoms with E-state index >= 15 is 0 Å². The highest BCUT2D eigenvalue weighted by atomic mass is 19.1. The summed E-state index contributed by atoms with van der Waals surface area (Å²) in [6.45, 7) is 4.46. The maximum absolute atomic E-state index is 13.0. The predicted octanol–water partition coefficient (Wildman–Crippen LogP) is 3.88. The van der Waals surface area contributed by atoms with Crippen LogP contribution in [-0.4, -0.2) is 20.7 Å². The lowest BCUT2D eigenvalue weighted by molar-refractivity contribution is -0.121. The Labute approximate surface area is 162 Å². The molecule has 146 valence electrons. The minimum Gasteiger partial charge on any atom is -0.420 e. The second-order valence-corrected chi connectivity index (χ2v) is 7.35. The van der Waals surface area contributed by atoms with Crippen LogP contribution in [0.1, 0.15) is 48.0 Å². The molecule has 1 saturated carbocycles. The van der Waals surface area contributed by atoms with E-state index in [1.807, 2.05) is 24.5 Å². The molecule has 1 N–H and O–H groups in total. The van der Waals surface area contributed by atoms with Gasteiger partial charge in [-0.25, -0.2) is 4.39 Å². The fourth-order valence-electron chi connectivity index (χ4n) is 3.43. The first-order chi connectivity index (χ1) is 13.5. The van der Waals surface area contributed by atoms with Crippen LogP contribution in [0.2, 0.25) is 0 Å². The van der Waals surface area contributed by atoms with E-state index in [-0.39, 0.29) is 18.3 Å².